The van der Waals surface area contributed by atoms with Crippen molar-refractivity contribution in [2.75, 3.05) is 24.3 Å². The van der Waals surface area contributed by atoms with Crippen LogP contribution in [-0.2, 0) is 22.0 Å². The first kappa shape index (κ1) is 12.1. The Kier molecular flexibility index (Phi) is 3.35. The summed E-state index contributed by atoms with van der Waals surface area (Å²) in [6, 6.07) is 2.46. The van der Waals surface area contributed by atoms with Crippen LogP contribution < -0.4 is 5.32 Å². The van der Waals surface area contributed by atoms with E-state index in [-0.39, 0.29) is 0 Å². The van der Waals surface area contributed by atoms with Gasteiger partial charge in [-0.05, 0) is 37.8 Å². The number of hydrogen-bond donors (Lipinski definition) is 1. The largest absolute Gasteiger partial charge is 0.381 e. The van der Waals surface area contributed by atoms with Crippen LogP contribution in [0.1, 0.15) is 24.1 Å². The van der Waals surface area contributed by atoms with Crippen molar-refractivity contribution in [3.8, 4) is 0 Å². The molecule has 1 saturated heterocycles. The summed E-state index contributed by atoms with van der Waals surface area (Å²) in [5, 5.41) is 3.47. The minimum absolute atomic E-state index is 0.398. The second-order valence-electron chi connectivity index (χ2n) is 4.93. The fourth-order valence-corrected chi connectivity index (χ4v) is 3.99. The molecule has 0 spiro atoms. The second-order valence-corrected chi connectivity index (χ2v) is 6.44. The van der Waals surface area contributed by atoms with Crippen molar-refractivity contribution in [2.45, 2.75) is 37.1 Å². The van der Waals surface area contributed by atoms with Crippen molar-refractivity contribution >= 4 is 16.6 Å². The Bertz CT molecular complexity index is 484. The van der Waals surface area contributed by atoms with Gasteiger partial charge < -0.3 is 10.1 Å². The van der Waals surface area contributed by atoms with Gasteiger partial charge in [0, 0.05) is 30.7 Å². The fraction of sp³-hybridized carbons (Fsp3) is 0.615. The van der Waals surface area contributed by atoms with Crippen molar-refractivity contribution in [3.63, 3.8) is 0 Å². The number of aromatic nitrogens is 1. The molecule has 2 aliphatic rings. The van der Waals surface area contributed by atoms with Crippen LogP contribution in [0.3, 0.4) is 0 Å². The number of pyridine rings is 1. The number of rotatable bonds is 2. The molecular formula is C13H18N2O2S. The topological polar surface area (TPSA) is 51.2 Å². The SMILES string of the molecule is Cc1cc2c(c(NC3CCOCC3)n1)S(=O)CC2. The minimum atomic E-state index is -0.878. The lowest BCUT2D eigenvalue weighted by molar-refractivity contribution is 0.0903. The molecule has 0 aliphatic carbocycles. The molecular weight excluding hydrogens is 248 g/mol. The molecule has 1 aromatic heterocycles. The van der Waals surface area contributed by atoms with Gasteiger partial charge in [-0.15, -0.1) is 0 Å². The lowest BCUT2D eigenvalue weighted by atomic mass is 10.1. The zero-order valence-electron chi connectivity index (χ0n) is 10.6. The summed E-state index contributed by atoms with van der Waals surface area (Å²) >= 11 is 0. The number of nitrogens with one attached hydrogen (secondary N) is 1. The third kappa shape index (κ3) is 2.29. The molecule has 18 heavy (non-hydrogen) atoms. The Hall–Kier alpha value is -0.940. The summed E-state index contributed by atoms with van der Waals surface area (Å²) in [6.07, 6.45) is 2.90. The molecule has 1 N–H and O–H groups in total. The highest BCUT2D eigenvalue weighted by Gasteiger charge is 2.25. The van der Waals surface area contributed by atoms with Gasteiger partial charge in [-0.2, -0.15) is 0 Å². The lowest BCUT2D eigenvalue weighted by Crippen LogP contribution is -2.28. The van der Waals surface area contributed by atoms with Gasteiger partial charge in [0.15, 0.2) is 0 Å². The van der Waals surface area contributed by atoms with Crippen LogP contribution in [0.5, 0.6) is 0 Å². The van der Waals surface area contributed by atoms with Gasteiger partial charge in [-0.25, -0.2) is 4.98 Å². The smallest absolute Gasteiger partial charge is 0.143 e. The van der Waals surface area contributed by atoms with E-state index in [0.29, 0.717) is 6.04 Å². The van der Waals surface area contributed by atoms with Crippen LogP contribution in [0, 0.1) is 6.92 Å². The molecule has 2 aliphatic heterocycles. The van der Waals surface area contributed by atoms with Gasteiger partial charge in [0.25, 0.3) is 0 Å². The maximum absolute atomic E-state index is 12.0. The number of anilines is 1. The third-order valence-corrected chi connectivity index (χ3v) is 5.01. The van der Waals surface area contributed by atoms with E-state index in [2.05, 4.69) is 16.4 Å². The Morgan fingerprint density at radius 2 is 2.22 bits per heavy atom. The summed E-state index contributed by atoms with van der Waals surface area (Å²) in [4.78, 5) is 5.48. The van der Waals surface area contributed by atoms with Gasteiger partial charge >= 0.3 is 0 Å². The summed E-state index contributed by atoms with van der Waals surface area (Å²) in [5.74, 6) is 1.58. The van der Waals surface area contributed by atoms with Crippen LogP contribution in [0.25, 0.3) is 0 Å². The summed E-state index contributed by atoms with van der Waals surface area (Å²) in [5.41, 5.74) is 2.21. The van der Waals surface area contributed by atoms with Crippen LogP contribution in [0.15, 0.2) is 11.0 Å². The number of hydrogen-bond acceptors (Lipinski definition) is 4. The van der Waals surface area contributed by atoms with E-state index in [1.54, 1.807) is 0 Å². The van der Waals surface area contributed by atoms with E-state index in [9.17, 15) is 4.21 Å². The van der Waals surface area contributed by atoms with E-state index in [1.165, 1.54) is 5.56 Å². The Balaban J connectivity index is 1.89. The molecule has 1 fully saturated rings. The molecule has 98 valence electrons. The average Bonchev–Trinajstić information content (AvgIpc) is 2.72. The van der Waals surface area contributed by atoms with Gasteiger partial charge in [0.1, 0.15) is 5.82 Å². The molecule has 0 bridgehead atoms. The van der Waals surface area contributed by atoms with E-state index >= 15 is 0 Å². The first-order valence-corrected chi connectivity index (χ1v) is 7.79. The first-order chi connectivity index (χ1) is 8.74. The standard InChI is InChI=1S/C13H18N2O2S/c1-9-8-10-4-7-18(16)12(10)13(14-9)15-11-2-5-17-6-3-11/h8,11H,2-7H2,1H3,(H,14,15). The number of fused-ring (bicyclic) bond motifs is 1. The molecule has 0 amide bonds. The van der Waals surface area contributed by atoms with E-state index < -0.39 is 10.8 Å². The van der Waals surface area contributed by atoms with Crippen molar-refractivity contribution in [3.05, 3.63) is 17.3 Å². The molecule has 0 aromatic carbocycles. The Morgan fingerprint density at radius 3 is 3.00 bits per heavy atom. The maximum Gasteiger partial charge on any atom is 0.143 e. The highest BCUT2D eigenvalue weighted by Crippen LogP contribution is 2.30. The molecule has 4 nitrogen and oxygen atoms in total. The highest BCUT2D eigenvalue weighted by molar-refractivity contribution is 7.85. The summed E-state index contributed by atoms with van der Waals surface area (Å²) < 4.78 is 17.4. The molecule has 1 unspecified atom stereocenters. The molecule has 0 saturated carbocycles. The zero-order valence-corrected chi connectivity index (χ0v) is 11.4. The predicted molar refractivity (Wildman–Crippen MR) is 71.4 cm³/mol. The average molecular weight is 266 g/mol. The first-order valence-electron chi connectivity index (χ1n) is 6.47. The lowest BCUT2D eigenvalue weighted by Gasteiger charge is -2.24. The van der Waals surface area contributed by atoms with E-state index in [1.807, 2.05) is 6.92 Å². The van der Waals surface area contributed by atoms with Crippen LogP contribution in [0.2, 0.25) is 0 Å². The normalized spacial score (nSPS) is 23.9. The summed E-state index contributed by atoms with van der Waals surface area (Å²) in [6.45, 7) is 3.60. The van der Waals surface area contributed by atoms with Crippen molar-refractivity contribution in [1.82, 2.24) is 4.98 Å². The van der Waals surface area contributed by atoms with E-state index in [0.717, 1.165) is 54.6 Å². The molecule has 5 heteroatoms. The Labute approximate surface area is 110 Å². The molecule has 0 radical (unpaired) electrons. The maximum atomic E-state index is 12.0. The molecule has 3 rings (SSSR count). The van der Waals surface area contributed by atoms with Gasteiger partial charge in [0.05, 0.1) is 15.7 Å². The quantitative estimate of drug-likeness (QED) is 0.884. The van der Waals surface area contributed by atoms with Gasteiger partial charge in [-0.1, -0.05) is 0 Å². The second kappa shape index (κ2) is 4.97. The van der Waals surface area contributed by atoms with Crippen LogP contribution in [-0.4, -0.2) is 34.2 Å². The van der Waals surface area contributed by atoms with Crippen molar-refractivity contribution in [2.24, 2.45) is 0 Å². The number of aryl methyl sites for hydroxylation is 2. The predicted octanol–water partition coefficient (Wildman–Crippen LogP) is 1.64. The number of nitrogens with zero attached hydrogens (tertiary/aromatic N) is 1. The molecule has 1 aromatic rings. The van der Waals surface area contributed by atoms with E-state index in [4.69, 9.17) is 4.74 Å². The monoisotopic (exact) mass is 266 g/mol. The Morgan fingerprint density at radius 1 is 1.44 bits per heavy atom. The fourth-order valence-electron chi connectivity index (χ4n) is 2.61. The van der Waals surface area contributed by atoms with Crippen LogP contribution >= 0.6 is 0 Å². The van der Waals surface area contributed by atoms with Crippen LogP contribution in [0.4, 0.5) is 5.82 Å². The van der Waals surface area contributed by atoms with Crippen molar-refractivity contribution < 1.29 is 8.95 Å². The third-order valence-electron chi connectivity index (χ3n) is 3.52. The minimum Gasteiger partial charge on any atom is -0.381 e. The summed E-state index contributed by atoms with van der Waals surface area (Å²) in [7, 11) is -0.878. The number of ether oxygens (including phenoxy) is 1. The highest BCUT2D eigenvalue weighted by atomic mass is 32.2. The zero-order chi connectivity index (χ0) is 12.5. The van der Waals surface area contributed by atoms with Crippen molar-refractivity contribution in [1.29, 1.82) is 0 Å². The molecule has 3 heterocycles. The van der Waals surface area contributed by atoms with Gasteiger partial charge in [-0.3, -0.25) is 4.21 Å². The van der Waals surface area contributed by atoms with Gasteiger partial charge in [0.2, 0.25) is 0 Å². The molecule has 1 atom stereocenters.